The number of aryl methyl sites for hydroxylation is 1. The lowest BCUT2D eigenvalue weighted by molar-refractivity contribution is 0.0547. The van der Waals surface area contributed by atoms with E-state index in [9.17, 15) is 5.26 Å². The molecule has 0 atom stereocenters. The molecular formula is C26H29N5O. The predicted molar refractivity (Wildman–Crippen MR) is 124 cm³/mol. The summed E-state index contributed by atoms with van der Waals surface area (Å²) >= 11 is 0. The quantitative estimate of drug-likeness (QED) is 0.678. The first kappa shape index (κ1) is 20.7. The second kappa shape index (κ2) is 9.54. The van der Waals surface area contributed by atoms with Crippen LogP contribution in [0, 0.1) is 11.3 Å². The van der Waals surface area contributed by atoms with Crippen molar-refractivity contribution >= 4 is 11.6 Å². The van der Waals surface area contributed by atoms with Crippen LogP contribution in [0.15, 0.2) is 53.3 Å². The van der Waals surface area contributed by atoms with Gasteiger partial charge in [0.05, 0.1) is 18.8 Å². The Morgan fingerprint density at radius 1 is 0.969 bits per heavy atom. The Hall–Kier alpha value is -3.17. The van der Waals surface area contributed by atoms with Crippen molar-refractivity contribution in [3.05, 3.63) is 70.5 Å². The lowest BCUT2D eigenvalue weighted by atomic mass is 10.1. The highest BCUT2D eigenvalue weighted by atomic mass is 16.5. The molecule has 0 amide bonds. The lowest BCUT2D eigenvalue weighted by Crippen LogP contribution is -2.36. The zero-order valence-electron chi connectivity index (χ0n) is 18.5. The van der Waals surface area contributed by atoms with Gasteiger partial charge in [0, 0.05) is 31.8 Å². The van der Waals surface area contributed by atoms with Crippen molar-refractivity contribution in [1.29, 1.82) is 5.26 Å². The van der Waals surface area contributed by atoms with E-state index in [2.05, 4.69) is 62.2 Å². The van der Waals surface area contributed by atoms with Crippen molar-refractivity contribution < 1.29 is 4.74 Å². The van der Waals surface area contributed by atoms with Crippen LogP contribution in [-0.4, -0.2) is 46.0 Å². The highest BCUT2D eigenvalue weighted by Crippen LogP contribution is 2.37. The Morgan fingerprint density at radius 2 is 1.81 bits per heavy atom. The smallest absolute Gasteiger partial charge is 0.174 e. The Morgan fingerprint density at radius 3 is 2.62 bits per heavy atom. The van der Waals surface area contributed by atoms with E-state index in [1.807, 2.05) is 6.07 Å². The van der Waals surface area contributed by atoms with Gasteiger partial charge >= 0.3 is 0 Å². The first-order valence-electron chi connectivity index (χ1n) is 11.7. The monoisotopic (exact) mass is 427 g/mol. The Balaban J connectivity index is 1.56. The zero-order chi connectivity index (χ0) is 21.8. The molecule has 2 aliphatic heterocycles. The SMILES string of the molecule is N#C/C(=C\C1=C(N2CCOCC2)C(=Cc2ccccc2)CC1)c1nnc2n1CCCCC2. The fraction of sp³-hybridized carbons (Fsp3) is 0.423. The van der Waals surface area contributed by atoms with Crippen LogP contribution in [0.2, 0.25) is 0 Å². The van der Waals surface area contributed by atoms with E-state index < -0.39 is 0 Å². The fourth-order valence-electron chi connectivity index (χ4n) is 4.94. The van der Waals surface area contributed by atoms with Gasteiger partial charge in [0.2, 0.25) is 0 Å². The first-order chi connectivity index (χ1) is 15.8. The van der Waals surface area contributed by atoms with E-state index in [0.29, 0.717) is 5.57 Å². The summed E-state index contributed by atoms with van der Waals surface area (Å²) in [5.41, 5.74) is 5.65. The summed E-state index contributed by atoms with van der Waals surface area (Å²) < 4.78 is 7.77. The lowest BCUT2D eigenvalue weighted by Gasteiger charge is -2.31. The van der Waals surface area contributed by atoms with Gasteiger partial charge in [-0.2, -0.15) is 5.26 Å². The first-order valence-corrected chi connectivity index (χ1v) is 11.7. The number of hydrogen-bond acceptors (Lipinski definition) is 5. The maximum Gasteiger partial charge on any atom is 0.174 e. The number of allylic oxidation sites excluding steroid dienone is 4. The molecule has 3 aliphatic rings. The second-order valence-electron chi connectivity index (χ2n) is 8.63. The van der Waals surface area contributed by atoms with E-state index in [-0.39, 0.29) is 0 Å². The largest absolute Gasteiger partial charge is 0.378 e. The van der Waals surface area contributed by atoms with Gasteiger partial charge in [-0.15, -0.1) is 10.2 Å². The molecule has 1 fully saturated rings. The van der Waals surface area contributed by atoms with Crippen molar-refractivity contribution in [3.8, 4) is 6.07 Å². The third-order valence-electron chi connectivity index (χ3n) is 6.53. The third kappa shape index (κ3) is 4.26. The summed E-state index contributed by atoms with van der Waals surface area (Å²) in [5, 5.41) is 18.9. The van der Waals surface area contributed by atoms with E-state index in [4.69, 9.17) is 4.74 Å². The zero-order valence-corrected chi connectivity index (χ0v) is 18.5. The predicted octanol–water partition coefficient (Wildman–Crippen LogP) is 4.38. The number of benzene rings is 1. The molecule has 1 saturated heterocycles. The molecule has 0 bridgehead atoms. The molecule has 1 aromatic carbocycles. The average Bonchev–Trinajstić information content (AvgIpc) is 3.34. The van der Waals surface area contributed by atoms with Gasteiger partial charge < -0.3 is 14.2 Å². The van der Waals surface area contributed by atoms with Crippen LogP contribution >= 0.6 is 0 Å². The molecule has 6 nitrogen and oxygen atoms in total. The topological polar surface area (TPSA) is 67.0 Å². The van der Waals surface area contributed by atoms with E-state index in [1.54, 1.807) is 0 Å². The number of morpholine rings is 1. The van der Waals surface area contributed by atoms with Gasteiger partial charge in [-0.05, 0) is 54.5 Å². The number of hydrogen-bond donors (Lipinski definition) is 0. The average molecular weight is 428 g/mol. The van der Waals surface area contributed by atoms with Crippen molar-refractivity contribution in [2.24, 2.45) is 0 Å². The van der Waals surface area contributed by atoms with Crippen LogP contribution in [0.1, 0.15) is 49.3 Å². The second-order valence-corrected chi connectivity index (χ2v) is 8.63. The van der Waals surface area contributed by atoms with Crippen LogP contribution < -0.4 is 0 Å². The number of nitrogens with zero attached hydrogens (tertiary/aromatic N) is 5. The summed E-state index contributed by atoms with van der Waals surface area (Å²) in [4.78, 5) is 2.43. The normalized spacial score (nSPS) is 20.9. The molecule has 1 aliphatic carbocycles. The fourth-order valence-corrected chi connectivity index (χ4v) is 4.94. The minimum atomic E-state index is 0.618. The summed E-state index contributed by atoms with van der Waals surface area (Å²) in [6.45, 7) is 4.12. The van der Waals surface area contributed by atoms with Crippen LogP contribution in [0.4, 0.5) is 0 Å². The molecule has 0 saturated carbocycles. The molecular weight excluding hydrogens is 398 g/mol. The minimum Gasteiger partial charge on any atom is -0.378 e. The van der Waals surface area contributed by atoms with Crippen molar-refractivity contribution in [3.63, 3.8) is 0 Å². The summed E-state index contributed by atoms with van der Waals surface area (Å²) in [7, 11) is 0. The number of rotatable bonds is 4. The van der Waals surface area contributed by atoms with Gasteiger partial charge in [-0.25, -0.2) is 0 Å². The van der Waals surface area contributed by atoms with Crippen molar-refractivity contribution in [2.75, 3.05) is 26.3 Å². The number of nitriles is 1. The highest BCUT2D eigenvalue weighted by Gasteiger charge is 2.26. The van der Waals surface area contributed by atoms with Gasteiger partial charge in [-0.3, -0.25) is 0 Å². The van der Waals surface area contributed by atoms with Gasteiger partial charge in [0.25, 0.3) is 0 Å². The Kier molecular flexibility index (Phi) is 6.17. The van der Waals surface area contributed by atoms with E-state index in [1.165, 1.54) is 28.8 Å². The molecule has 5 rings (SSSR count). The summed E-state index contributed by atoms with van der Waals surface area (Å²) in [6, 6.07) is 12.9. The molecule has 0 unspecified atom stereocenters. The Labute approximate surface area is 189 Å². The van der Waals surface area contributed by atoms with E-state index >= 15 is 0 Å². The molecule has 0 spiro atoms. The molecule has 32 heavy (non-hydrogen) atoms. The summed E-state index contributed by atoms with van der Waals surface area (Å²) in [5.74, 6) is 1.73. The van der Waals surface area contributed by atoms with Crippen molar-refractivity contribution in [2.45, 2.75) is 45.1 Å². The molecule has 164 valence electrons. The van der Waals surface area contributed by atoms with Gasteiger partial charge in [0.15, 0.2) is 5.82 Å². The summed E-state index contributed by atoms with van der Waals surface area (Å²) in [6.07, 6.45) is 10.7. The highest BCUT2D eigenvalue weighted by molar-refractivity contribution is 5.76. The molecule has 3 heterocycles. The standard InChI is InChI=1S/C26H29N5O/c27-19-23(26-29-28-24-9-5-2-6-12-31(24)26)18-22-11-10-21(17-20-7-3-1-4-8-20)25(22)30-13-15-32-16-14-30/h1,3-4,7-8,17-18H,2,5-6,9-16H2/b21-17?,23-18+. The van der Waals surface area contributed by atoms with Crippen LogP contribution in [0.25, 0.3) is 11.6 Å². The Bertz CT molecular complexity index is 1100. The third-order valence-corrected chi connectivity index (χ3v) is 6.53. The molecule has 0 N–H and O–H groups in total. The molecule has 1 aromatic heterocycles. The maximum absolute atomic E-state index is 10.1. The molecule has 0 radical (unpaired) electrons. The van der Waals surface area contributed by atoms with E-state index in [0.717, 1.165) is 76.6 Å². The maximum atomic E-state index is 10.1. The van der Waals surface area contributed by atoms with Gasteiger partial charge in [-0.1, -0.05) is 36.8 Å². The van der Waals surface area contributed by atoms with Crippen LogP contribution in [0.5, 0.6) is 0 Å². The number of fused-ring (bicyclic) bond motifs is 1. The number of ether oxygens (including phenoxy) is 1. The molecule has 6 heteroatoms. The molecule has 2 aromatic rings. The minimum absolute atomic E-state index is 0.618. The van der Waals surface area contributed by atoms with Crippen molar-refractivity contribution in [1.82, 2.24) is 19.7 Å². The van der Waals surface area contributed by atoms with Gasteiger partial charge in [0.1, 0.15) is 11.9 Å². The van der Waals surface area contributed by atoms with Crippen LogP contribution in [0.3, 0.4) is 0 Å². The number of aromatic nitrogens is 3. The van der Waals surface area contributed by atoms with Crippen LogP contribution in [-0.2, 0) is 17.7 Å².